The molecule has 2 heterocycles. The lowest BCUT2D eigenvalue weighted by atomic mass is 10.3. The second kappa shape index (κ2) is 7.26. The summed E-state index contributed by atoms with van der Waals surface area (Å²) in [7, 11) is 0. The van der Waals surface area contributed by atoms with Gasteiger partial charge in [-0.15, -0.1) is 0 Å². The Kier molecular flexibility index (Phi) is 4.89. The Hall–Kier alpha value is -3.01. The quantitative estimate of drug-likeness (QED) is 0.633. The van der Waals surface area contributed by atoms with E-state index in [4.69, 9.17) is 0 Å². The van der Waals surface area contributed by atoms with Crippen molar-refractivity contribution in [2.45, 2.75) is 19.1 Å². The Bertz CT molecular complexity index is 763. The van der Waals surface area contributed by atoms with Crippen LogP contribution < -0.4 is 10.6 Å². The number of amides is 2. The monoisotopic (exact) mass is 348 g/mol. The summed E-state index contributed by atoms with van der Waals surface area (Å²) in [5.41, 5.74) is 0.463. The lowest BCUT2D eigenvalue weighted by Gasteiger charge is -2.16. The van der Waals surface area contributed by atoms with Crippen LogP contribution in [0.25, 0.3) is 0 Å². The number of hydrogen-bond acceptors (Lipinski definition) is 5. The predicted octanol–water partition coefficient (Wildman–Crippen LogP) is 1.78. The number of nitrogens with one attached hydrogen (secondary N) is 2. The van der Waals surface area contributed by atoms with Crippen LogP contribution in [0.5, 0.6) is 0 Å². The molecule has 25 heavy (non-hydrogen) atoms. The molecule has 3 rings (SSSR count). The molecule has 10 heteroatoms. The third-order valence-electron chi connectivity index (χ3n) is 3.89. The van der Waals surface area contributed by atoms with E-state index in [-0.39, 0.29) is 23.6 Å². The molecule has 1 atom stereocenters. The smallest absolute Gasteiger partial charge is 0.319 e. The molecule has 1 aromatic carbocycles. The summed E-state index contributed by atoms with van der Waals surface area (Å²) in [6.45, 7) is 1.78. The molecule has 2 amide bonds. The zero-order chi connectivity index (χ0) is 17.8. The van der Waals surface area contributed by atoms with Crippen molar-refractivity contribution in [1.29, 1.82) is 0 Å². The molecule has 0 radical (unpaired) electrons. The van der Waals surface area contributed by atoms with Crippen LogP contribution in [0.2, 0.25) is 0 Å². The number of nitrogens with zero attached hydrogens (tertiary/aromatic N) is 4. The molecular weight excluding hydrogens is 331 g/mol. The van der Waals surface area contributed by atoms with E-state index in [1.54, 1.807) is 0 Å². The summed E-state index contributed by atoms with van der Waals surface area (Å²) in [5.74, 6) is -0.365. The number of aromatic nitrogens is 2. The summed E-state index contributed by atoms with van der Waals surface area (Å²) in [5, 5.41) is 20.1. The Morgan fingerprint density at radius 2 is 2.16 bits per heavy atom. The van der Waals surface area contributed by atoms with Gasteiger partial charge in [-0.05, 0) is 30.7 Å². The predicted molar refractivity (Wildman–Crippen MR) is 87.4 cm³/mol. The number of halogens is 1. The van der Waals surface area contributed by atoms with Crippen LogP contribution in [0.15, 0.2) is 36.7 Å². The van der Waals surface area contributed by atoms with Crippen LogP contribution in [0, 0.1) is 15.9 Å². The number of nitro groups is 1. The Morgan fingerprint density at radius 1 is 1.40 bits per heavy atom. The van der Waals surface area contributed by atoms with Crippen molar-refractivity contribution >= 4 is 17.4 Å². The van der Waals surface area contributed by atoms with Crippen molar-refractivity contribution in [1.82, 2.24) is 20.0 Å². The van der Waals surface area contributed by atoms with Crippen molar-refractivity contribution in [3.05, 3.63) is 52.6 Å². The minimum absolute atomic E-state index is 0.0361. The van der Waals surface area contributed by atoms with Gasteiger partial charge in [0.05, 0.1) is 11.6 Å². The molecule has 0 aliphatic carbocycles. The second-order valence-corrected chi connectivity index (χ2v) is 5.80. The Balaban J connectivity index is 1.46. The molecule has 2 N–H and O–H groups in total. The van der Waals surface area contributed by atoms with E-state index in [0.717, 1.165) is 13.0 Å². The van der Waals surface area contributed by atoms with Gasteiger partial charge in [-0.3, -0.25) is 19.7 Å². The van der Waals surface area contributed by atoms with E-state index in [9.17, 15) is 19.3 Å². The largest absolute Gasteiger partial charge is 0.334 e. The maximum Gasteiger partial charge on any atom is 0.319 e. The average Bonchev–Trinajstić information content (AvgIpc) is 3.20. The van der Waals surface area contributed by atoms with Gasteiger partial charge in [-0.2, -0.15) is 5.10 Å². The van der Waals surface area contributed by atoms with E-state index in [1.165, 1.54) is 41.3 Å². The number of carbonyl (C=O) groups is 1. The van der Waals surface area contributed by atoms with Gasteiger partial charge in [-0.1, -0.05) is 0 Å². The lowest BCUT2D eigenvalue weighted by Crippen LogP contribution is -2.39. The molecule has 132 valence electrons. The first-order valence-corrected chi connectivity index (χ1v) is 7.72. The highest BCUT2D eigenvalue weighted by Gasteiger charge is 2.24. The van der Waals surface area contributed by atoms with Gasteiger partial charge in [0.25, 0.3) is 0 Å². The number of likely N-dealkylation sites (tertiary alicyclic amines) is 1. The Morgan fingerprint density at radius 3 is 2.84 bits per heavy atom. The molecule has 1 aliphatic rings. The molecule has 1 aromatic heterocycles. The molecule has 2 aromatic rings. The summed E-state index contributed by atoms with van der Waals surface area (Å²) in [4.78, 5) is 24.2. The third kappa shape index (κ3) is 4.51. The van der Waals surface area contributed by atoms with Crippen molar-refractivity contribution in [2.24, 2.45) is 0 Å². The summed E-state index contributed by atoms with van der Waals surface area (Å²) >= 11 is 0. The van der Waals surface area contributed by atoms with Crippen LogP contribution >= 0.6 is 0 Å². The number of urea groups is 1. The lowest BCUT2D eigenvalue weighted by molar-refractivity contribution is -0.385. The molecular formula is C15H17FN6O3. The molecule has 1 aliphatic heterocycles. The number of hydrogen-bond donors (Lipinski definition) is 2. The average molecular weight is 348 g/mol. The normalized spacial score (nSPS) is 17.4. The van der Waals surface area contributed by atoms with Gasteiger partial charge < -0.3 is 10.6 Å². The molecule has 0 unspecified atom stereocenters. The standard InChI is InChI=1S/C15H17FN6O3/c16-11-1-3-12(4-2-11)18-15(23)19-13-5-6-20(8-13)10-21-9-14(7-17-21)22(24)25/h1-4,7,9,13H,5-6,8,10H2,(H2,18,19,23)/t13-/m1/s1. The summed E-state index contributed by atoms with van der Waals surface area (Å²) < 4.78 is 14.3. The third-order valence-corrected chi connectivity index (χ3v) is 3.89. The van der Waals surface area contributed by atoms with Crippen molar-refractivity contribution in [3.63, 3.8) is 0 Å². The van der Waals surface area contributed by atoms with Gasteiger partial charge in [0.2, 0.25) is 0 Å². The Labute approximate surface area is 142 Å². The van der Waals surface area contributed by atoms with Crippen LogP contribution in [0.3, 0.4) is 0 Å². The van der Waals surface area contributed by atoms with Gasteiger partial charge in [0.15, 0.2) is 0 Å². The molecule has 1 fully saturated rings. The second-order valence-electron chi connectivity index (χ2n) is 5.80. The molecule has 9 nitrogen and oxygen atoms in total. The van der Waals surface area contributed by atoms with E-state index < -0.39 is 4.92 Å². The van der Waals surface area contributed by atoms with Gasteiger partial charge in [0, 0.05) is 24.8 Å². The highest BCUT2D eigenvalue weighted by atomic mass is 19.1. The van der Waals surface area contributed by atoms with Gasteiger partial charge in [-0.25, -0.2) is 9.18 Å². The zero-order valence-corrected chi connectivity index (χ0v) is 13.3. The van der Waals surface area contributed by atoms with Crippen LogP contribution in [-0.4, -0.2) is 44.8 Å². The number of benzene rings is 1. The van der Waals surface area contributed by atoms with E-state index >= 15 is 0 Å². The fraction of sp³-hybridized carbons (Fsp3) is 0.333. The highest BCUT2D eigenvalue weighted by molar-refractivity contribution is 5.89. The first kappa shape index (κ1) is 16.8. The number of rotatable bonds is 5. The minimum atomic E-state index is -0.488. The maximum absolute atomic E-state index is 12.8. The van der Waals surface area contributed by atoms with Crippen molar-refractivity contribution in [3.8, 4) is 0 Å². The summed E-state index contributed by atoms with van der Waals surface area (Å²) in [6, 6.07) is 5.13. The van der Waals surface area contributed by atoms with E-state index in [1.807, 2.05) is 4.90 Å². The topological polar surface area (TPSA) is 105 Å². The molecule has 0 spiro atoms. The number of anilines is 1. The minimum Gasteiger partial charge on any atom is -0.334 e. The summed E-state index contributed by atoms with van der Waals surface area (Å²) in [6.07, 6.45) is 3.35. The maximum atomic E-state index is 12.8. The SMILES string of the molecule is O=C(Nc1ccc(F)cc1)N[C@@H]1CCN(Cn2cc([N+](=O)[O-])cn2)C1. The van der Waals surface area contributed by atoms with E-state index in [2.05, 4.69) is 15.7 Å². The first-order chi connectivity index (χ1) is 12.0. The fourth-order valence-electron chi connectivity index (χ4n) is 2.69. The fourth-order valence-corrected chi connectivity index (χ4v) is 2.69. The van der Waals surface area contributed by atoms with Crippen LogP contribution in [0.1, 0.15) is 6.42 Å². The molecule has 1 saturated heterocycles. The first-order valence-electron chi connectivity index (χ1n) is 7.72. The zero-order valence-electron chi connectivity index (χ0n) is 13.3. The number of carbonyl (C=O) groups excluding carboxylic acids is 1. The van der Waals surface area contributed by atoms with Crippen LogP contribution in [-0.2, 0) is 6.67 Å². The molecule has 0 saturated carbocycles. The van der Waals surface area contributed by atoms with Gasteiger partial charge >= 0.3 is 11.7 Å². The van der Waals surface area contributed by atoms with Gasteiger partial charge in [0.1, 0.15) is 18.2 Å². The van der Waals surface area contributed by atoms with Crippen molar-refractivity contribution in [2.75, 3.05) is 18.4 Å². The van der Waals surface area contributed by atoms with E-state index in [0.29, 0.717) is 18.9 Å². The van der Waals surface area contributed by atoms with Crippen LogP contribution in [0.4, 0.5) is 20.6 Å². The molecule has 0 bridgehead atoms. The highest BCUT2D eigenvalue weighted by Crippen LogP contribution is 2.13. The van der Waals surface area contributed by atoms with Crippen molar-refractivity contribution < 1.29 is 14.1 Å².